The summed E-state index contributed by atoms with van der Waals surface area (Å²) < 4.78 is 2.31. The lowest BCUT2D eigenvalue weighted by atomic mass is 9.90. The van der Waals surface area contributed by atoms with Gasteiger partial charge in [-0.3, -0.25) is 9.69 Å². The largest absolute Gasteiger partial charge is 0.348 e. The van der Waals surface area contributed by atoms with Gasteiger partial charge in [0.05, 0.1) is 6.04 Å². The van der Waals surface area contributed by atoms with Crippen LogP contribution in [0.4, 0.5) is 0 Å². The zero-order valence-corrected chi connectivity index (χ0v) is 18.6. The number of benzene rings is 1. The number of fused-ring (bicyclic) bond motifs is 1. The van der Waals surface area contributed by atoms with Gasteiger partial charge in [-0.15, -0.1) is 11.3 Å². The quantitative estimate of drug-likeness (QED) is 0.681. The van der Waals surface area contributed by atoms with Crippen LogP contribution in [0.25, 0.3) is 10.9 Å². The van der Waals surface area contributed by atoms with E-state index in [2.05, 4.69) is 58.9 Å². The fourth-order valence-electron chi connectivity index (χ4n) is 4.67. The van der Waals surface area contributed by atoms with Crippen molar-refractivity contribution in [2.24, 2.45) is 13.0 Å². The van der Waals surface area contributed by atoms with Crippen molar-refractivity contribution in [3.8, 4) is 0 Å². The monoisotopic (exact) mass is 410 g/mol. The van der Waals surface area contributed by atoms with Crippen molar-refractivity contribution in [1.29, 1.82) is 0 Å². The average molecular weight is 411 g/mol. The third-order valence-electron chi connectivity index (χ3n) is 6.25. The molecule has 0 saturated carbocycles. The minimum atomic E-state index is 0.00608. The van der Waals surface area contributed by atoms with Gasteiger partial charge in [-0.1, -0.05) is 12.1 Å². The highest BCUT2D eigenvalue weighted by Gasteiger charge is 2.31. The number of carbonyl (C=O) groups excluding carboxylic acids is 1. The van der Waals surface area contributed by atoms with Gasteiger partial charge in [-0.2, -0.15) is 0 Å². The molecular weight excluding hydrogens is 380 g/mol. The van der Waals surface area contributed by atoms with E-state index < -0.39 is 0 Å². The number of carbonyl (C=O) groups is 1. The number of hydrogen-bond acceptors (Lipinski definition) is 4. The van der Waals surface area contributed by atoms with Gasteiger partial charge in [-0.25, -0.2) is 4.98 Å². The summed E-state index contributed by atoms with van der Waals surface area (Å²) in [5.41, 5.74) is 5.37. The van der Waals surface area contributed by atoms with Gasteiger partial charge in [0.15, 0.2) is 0 Å². The standard InChI is InChI=1S/C23H30N4OS/c1-15-7-8-19-20(16(2)26(4)21(19)12-15)14-27-10-5-6-18(13-27)22(25-17(3)28)23-24-9-11-29-23/h7-9,11-12,18,22H,5-6,10,13-14H2,1-4H3,(H,25,28)/t18-,22-/m1/s1. The molecule has 1 aliphatic rings. The second kappa shape index (κ2) is 8.28. The molecule has 0 unspecified atom stereocenters. The lowest BCUT2D eigenvalue weighted by Crippen LogP contribution is -2.42. The third kappa shape index (κ3) is 4.09. The first-order valence-electron chi connectivity index (χ1n) is 10.4. The number of nitrogens with zero attached hydrogens (tertiary/aromatic N) is 3. The van der Waals surface area contributed by atoms with E-state index in [0.29, 0.717) is 5.92 Å². The van der Waals surface area contributed by atoms with Gasteiger partial charge >= 0.3 is 0 Å². The van der Waals surface area contributed by atoms with E-state index in [1.807, 2.05) is 11.6 Å². The summed E-state index contributed by atoms with van der Waals surface area (Å²) in [6.45, 7) is 9.00. The molecule has 1 fully saturated rings. The van der Waals surface area contributed by atoms with Crippen molar-refractivity contribution >= 4 is 28.1 Å². The molecule has 3 heterocycles. The van der Waals surface area contributed by atoms with Crippen molar-refractivity contribution in [3.63, 3.8) is 0 Å². The maximum Gasteiger partial charge on any atom is 0.217 e. The second-order valence-electron chi connectivity index (χ2n) is 8.33. The van der Waals surface area contributed by atoms with E-state index in [9.17, 15) is 4.79 Å². The summed E-state index contributed by atoms with van der Waals surface area (Å²) in [6.07, 6.45) is 4.10. The minimum Gasteiger partial charge on any atom is -0.348 e. The molecule has 1 N–H and O–H groups in total. The number of nitrogens with one attached hydrogen (secondary N) is 1. The third-order valence-corrected chi connectivity index (χ3v) is 7.11. The first-order valence-corrected chi connectivity index (χ1v) is 11.3. The Morgan fingerprint density at radius 3 is 2.93 bits per heavy atom. The molecule has 0 radical (unpaired) electrons. The molecule has 29 heavy (non-hydrogen) atoms. The summed E-state index contributed by atoms with van der Waals surface area (Å²) >= 11 is 1.63. The number of rotatable bonds is 5. The summed E-state index contributed by atoms with van der Waals surface area (Å²) in [4.78, 5) is 18.9. The highest BCUT2D eigenvalue weighted by atomic mass is 32.1. The Kier molecular flexibility index (Phi) is 5.74. The summed E-state index contributed by atoms with van der Waals surface area (Å²) in [5, 5.41) is 7.53. The van der Waals surface area contributed by atoms with Crippen molar-refractivity contribution < 1.29 is 4.79 Å². The van der Waals surface area contributed by atoms with E-state index in [1.54, 1.807) is 18.3 Å². The first-order chi connectivity index (χ1) is 13.9. The predicted molar refractivity (Wildman–Crippen MR) is 119 cm³/mol. The van der Waals surface area contributed by atoms with Crippen molar-refractivity contribution in [1.82, 2.24) is 19.8 Å². The summed E-state index contributed by atoms with van der Waals surface area (Å²) in [5.74, 6) is 0.402. The van der Waals surface area contributed by atoms with E-state index >= 15 is 0 Å². The fraction of sp³-hybridized carbons (Fsp3) is 0.478. The highest BCUT2D eigenvalue weighted by molar-refractivity contribution is 7.09. The number of hydrogen-bond donors (Lipinski definition) is 1. The van der Waals surface area contributed by atoms with E-state index in [4.69, 9.17) is 0 Å². The van der Waals surface area contributed by atoms with Gasteiger partial charge in [0, 0.05) is 55.2 Å². The molecule has 154 valence electrons. The van der Waals surface area contributed by atoms with Crippen LogP contribution < -0.4 is 5.32 Å². The molecule has 5 nitrogen and oxygen atoms in total. The predicted octanol–water partition coefficient (Wildman–Crippen LogP) is 4.34. The number of aromatic nitrogens is 2. The zero-order valence-electron chi connectivity index (χ0n) is 17.7. The van der Waals surface area contributed by atoms with Crippen LogP contribution >= 0.6 is 11.3 Å². The van der Waals surface area contributed by atoms with Crippen LogP contribution in [0.3, 0.4) is 0 Å². The lowest BCUT2D eigenvalue weighted by Gasteiger charge is -2.36. The number of thiazole rings is 1. The zero-order chi connectivity index (χ0) is 20.5. The first kappa shape index (κ1) is 20.1. The van der Waals surface area contributed by atoms with Crippen LogP contribution in [0.5, 0.6) is 0 Å². The fourth-order valence-corrected chi connectivity index (χ4v) is 5.45. The Labute approximate surface area is 176 Å². The van der Waals surface area contributed by atoms with E-state index in [0.717, 1.165) is 37.5 Å². The molecule has 3 aromatic rings. The molecule has 1 amide bonds. The average Bonchev–Trinajstić information content (AvgIpc) is 3.30. The number of amides is 1. The van der Waals surface area contributed by atoms with Crippen LogP contribution in [-0.4, -0.2) is 33.4 Å². The molecule has 0 spiro atoms. The molecular formula is C23H30N4OS. The molecule has 6 heteroatoms. The van der Waals surface area contributed by atoms with Crippen LogP contribution in [0.15, 0.2) is 29.8 Å². The molecule has 1 aromatic carbocycles. The molecule has 0 aliphatic carbocycles. The van der Waals surface area contributed by atoms with Crippen molar-refractivity contribution in [3.05, 3.63) is 51.6 Å². The Balaban J connectivity index is 1.57. The molecule has 0 bridgehead atoms. The van der Waals surface area contributed by atoms with E-state index in [-0.39, 0.29) is 11.9 Å². The van der Waals surface area contributed by atoms with Crippen LogP contribution in [0, 0.1) is 19.8 Å². The summed E-state index contributed by atoms with van der Waals surface area (Å²) in [6, 6.07) is 6.76. The van der Waals surface area contributed by atoms with Crippen LogP contribution in [0.1, 0.15) is 47.6 Å². The van der Waals surface area contributed by atoms with Gasteiger partial charge in [-0.05, 0) is 56.3 Å². The van der Waals surface area contributed by atoms with Gasteiger partial charge in [0.2, 0.25) is 5.91 Å². The number of likely N-dealkylation sites (tertiary alicyclic amines) is 1. The highest BCUT2D eigenvalue weighted by Crippen LogP contribution is 2.33. The van der Waals surface area contributed by atoms with Crippen LogP contribution in [0.2, 0.25) is 0 Å². The van der Waals surface area contributed by atoms with Crippen molar-refractivity contribution in [2.75, 3.05) is 13.1 Å². The van der Waals surface area contributed by atoms with Gasteiger partial charge < -0.3 is 9.88 Å². The Bertz CT molecular complexity index is 1010. The molecule has 4 rings (SSSR count). The second-order valence-corrected chi connectivity index (χ2v) is 9.26. The Morgan fingerprint density at radius 2 is 2.21 bits per heavy atom. The number of piperidine rings is 1. The Hall–Kier alpha value is -2.18. The van der Waals surface area contributed by atoms with Crippen molar-refractivity contribution in [2.45, 2.75) is 46.2 Å². The number of aryl methyl sites for hydroxylation is 2. The molecule has 1 aliphatic heterocycles. The normalized spacial score (nSPS) is 18.8. The Morgan fingerprint density at radius 1 is 1.38 bits per heavy atom. The molecule has 2 aromatic heterocycles. The lowest BCUT2D eigenvalue weighted by molar-refractivity contribution is -0.120. The minimum absolute atomic E-state index is 0.00608. The van der Waals surface area contributed by atoms with Gasteiger partial charge in [0.1, 0.15) is 5.01 Å². The maximum absolute atomic E-state index is 11.8. The van der Waals surface area contributed by atoms with E-state index in [1.165, 1.54) is 27.7 Å². The topological polar surface area (TPSA) is 50.2 Å². The van der Waals surface area contributed by atoms with Crippen LogP contribution in [-0.2, 0) is 18.4 Å². The molecule has 2 atom stereocenters. The molecule has 1 saturated heterocycles. The smallest absolute Gasteiger partial charge is 0.217 e. The SMILES string of the molecule is CC(=O)N[C@@H](c1nccs1)[C@@H]1CCCN(Cc2c(C)n(C)c3cc(C)ccc23)C1. The summed E-state index contributed by atoms with van der Waals surface area (Å²) in [7, 11) is 2.16. The maximum atomic E-state index is 11.8. The van der Waals surface area contributed by atoms with Gasteiger partial charge in [0.25, 0.3) is 0 Å².